The predicted molar refractivity (Wildman–Crippen MR) is 99.0 cm³/mol. The van der Waals surface area contributed by atoms with Gasteiger partial charge in [0.15, 0.2) is 11.5 Å². The van der Waals surface area contributed by atoms with Crippen LogP contribution in [0.5, 0.6) is 11.5 Å². The minimum Gasteiger partial charge on any atom is -0.493 e. The van der Waals surface area contributed by atoms with E-state index in [4.69, 9.17) is 9.47 Å². The van der Waals surface area contributed by atoms with Gasteiger partial charge in [0.2, 0.25) is 15.9 Å². The first-order chi connectivity index (χ1) is 12.4. The Labute approximate surface area is 155 Å². The third-order valence-corrected chi connectivity index (χ3v) is 6.19. The van der Waals surface area contributed by atoms with Gasteiger partial charge in [-0.3, -0.25) is 4.79 Å². The van der Waals surface area contributed by atoms with Crippen molar-refractivity contribution in [3.8, 4) is 11.5 Å². The molecule has 1 saturated carbocycles. The second kappa shape index (κ2) is 9.23. The fraction of sp³-hybridized carbons (Fsp3) is 0.611. The van der Waals surface area contributed by atoms with Gasteiger partial charge in [0.25, 0.3) is 0 Å². The zero-order chi connectivity index (χ0) is 19.2. The number of hydrogen-bond donors (Lipinski definition) is 1. The highest BCUT2D eigenvalue weighted by atomic mass is 32.2. The molecule has 0 saturated heterocycles. The van der Waals surface area contributed by atoms with Crippen LogP contribution in [-0.2, 0) is 14.8 Å². The van der Waals surface area contributed by atoms with Crippen molar-refractivity contribution in [2.75, 3.05) is 27.3 Å². The third-order valence-electron chi connectivity index (χ3n) is 4.73. The van der Waals surface area contributed by atoms with Crippen molar-refractivity contribution in [2.24, 2.45) is 0 Å². The molecule has 0 radical (unpaired) electrons. The van der Waals surface area contributed by atoms with Gasteiger partial charge in [0.1, 0.15) is 0 Å². The fourth-order valence-electron chi connectivity index (χ4n) is 3.36. The molecule has 0 unspecified atom stereocenters. The summed E-state index contributed by atoms with van der Waals surface area (Å²) in [7, 11) is -0.747. The normalized spacial score (nSPS) is 15.5. The number of amides is 1. The molecule has 1 amide bonds. The SMILES string of the molecule is COc1ccc(S(=O)(=O)NCCN(C(C)=O)C2CCCCC2)cc1OC. The van der Waals surface area contributed by atoms with E-state index < -0.39 is 10.0 Å². The molecule has 1 N–H and O–H groups in total. The van der Waals surface area contributed by atoms with Gasteiger partial charge >= 0.3 is 0 Å². The molecule has 0 atom stereocenters. The number of ether oxygens (including phenoxy) is 2. The maximum Gasteiger partial charge on any atom is 0.240 e. The van der Waals surface area contributed by atoms with E-state index in [1.807, 2.05) is 0 Å². The lowest BCUT2D eigenvalue weighted by Crippen LogP contribution is -2.44. The number of carbonyl (C=O) groups is 1. The summed E-state index contributed by atoms with van der Waals surface area (Å²) in [5.41, 5.74) is 0. The number of rotatable bonds is 8. The Balaban J connectivity index is 2.01. The highest BCUT2D eigenvalue weighted by molar-refractivity contribution is 7.89. The molecule has 26 heavy (non-hydrogen) atoms. The van der Waals surface area contributed by atoms with Crippen LogP contribution in [0.4, 0.5) is 0 Å². The van der Waals surface area contributed by atoms with E-state index in [0.29, 0.717) is 18.0 Å². The number of methoxy groups -OCH3 is 2. The van der Waals surface area contributed by atoms with Gasteiger partial charge < -0.3 is 14.4 Å². The topological polar surface area (TPSA) is 84.9 Å². The molecule has 0 aliphatic heterocycles. The van der Waals surface area contributed by atoms with Crippen LogP contribution in [0.2, 0.25) is 0 Å². The van der Waals surface area contributed by atoms with Crippen molar-refractivity contribution in [2.45, 2.75) is 50.0 Å². The molecule has 146 valence electrons. The van der Waals surface area contributed by atoms with Crippen LogP contribution >= 0.6 is 0 Å². The van der Waals surface area contributed by atoms with Crippen LogP contribution in [0.25, 0.3) is 0 Å². The first kappa shape index (κ1) is 20.5. The monoisotopic (exact) mass is 384 g/mol. The number of nitrogens with one attached hydrogen (secondary N) is 1. The number of nitrogens with zero attached hydrogens (tertiary/aromatic N) is 1. The molecule has 0 spiro atoms. The first-order valence-corrected chi connectivity index (χ1v) is 10.4. The number of sulfonamides is 1. The molecular formula is C18H28N2O5S. The van der Waals surface area contributed by atoms with E-state index in [1.54, 1.807) is 11.0 Å². The highest BCUT2D eigenvalue weighted by Crippen LogP contribution is 2.29. The molecule has 2 rings (SSSR count). The number of carbonyl (C=O) groups excluding carboxylic acids is 1. The molecule has 7 nitrogen and oxygen atoms in total. The zero-order valence-corrected chi connectivity index (χ0v) is 16.5. The average molecular weight is 384 g/mol. The van der Waals surface area contributed by atoms with Crippen molar-refractivity contribution in [3.05, 3.63) is 18.2 Å². The Morgan fingerprint density at radius 3 is 2.38 bits per heavy atom. The Bertz CT molecular complexity index is 714. The van der Waals surface area contributed by atoms with Crippen LogP contribution in [0, 0.1) is 0 Å². The minimum absolute atomic E-state index is 0.0118. The minimum atomic E-state index is -3.69. The second-order valence-corrected chi connectivity index (χ2v) is 8.19. The van der Waals surface area contributed by atoms with Crippen molar-refractivity contribution in [1.82, 2.24) is 9.62 Å². The number of benzene rings is 1. The Hall–Kier alpha value is -1.80. The smallest absolute Gasteiger partial charge is 0.240 e. The second-order valence-electron chi connectivity index (χ2n) is 6.42. The van der Waals surface area contributed by atoms with E-state index in [1.165, 1.54) is 39.7 Å². The molecule has 0 heterocycles. The lowest BCUT2D eigenvalue weighted by atomic mass is 9.94. The van der Waals surface area contributed by atoms with Crippen LogP contribution in [0.1, 0.15) is 39.0 Å². The summed E-state index contributed by atoms with van der Waals surface area (Å²) >= 11 is 0. The molecule has 1 aliphatic carbocycles. The molecule has 1 aliphatic rings. The van der Waals surface area contributed by atoms with Gasteiger partial charge in [0.05, 0.1) is 19.1 Å². The summed E-state index contributed by atoms with van der Waals surface area (Å²) in [5.74, 6) is 0.802. The van der Waals surface area contributed by atoms with Crippen molar-refractivity contribution >= 4 is 15.9 Å². The Morgan fingerprint density at radius 1 is 1.15 bits per heavy atom. The summed E-state index contributed by atoms with van der Waals surface area (Å²) in [6, 6.07) is 4.66. The van der Waals surface area contributed by atoms with E-state index in [0.717, 1.165) is 25.7 Å². The molecule has 1 aromatic rings. The van der Waals surface area contributed by atoms with Gasteiger partial charge in [-0.15, -0.1) is 0 Å². The summed E-state index contributed by atoms with van der Waals surface area (Å²) in [6.45, 7) is 2.08. The first-order valence-electron chi connectivity index (χ1n) is 8.88. The zero-order valence-electron chi connectivity index (χ0n) is 15.7. The van der Waals surface area contributed by atoms with Crippen LogP contribution in [-0.4, -0.2) is 52.6 Å². The summed E-state index contributed by atoms with van der Waals surface area (Å²) < 4.78 is 37.9. The van der Waals surface area contributed by atoms with Gasteiger partial charge in [-0.2, -0.15) is 0 Å². The Morgan fingerprint density at radius 2 is 1.81 bits per heavy atom. The molecule has 8 heteroatoms. The molecule has 0 aromatic heterocycles. The van der Waals surface area contributed by atoms with E-state index >= 15 is 0 Å². The van der Waals surface area contributed by atoms with Crippen LogP contribution in [0.3, 0.4) is 0 Å². The summed E-state index contributed by atoms with van der Waals surface area (Å²) in [4.78, 5) is 13.8. The standard InChI is InChI=1S/C18H28N2O5S/c1-14(21)20(15-7-5-4-6-8-15)12-11-19-26(22,23)16-9-10-17(24-2)18(13-16)25-3/h9-10,13,15,19H,4-8,11-12H2,1-3H3. The van der Waals surface area contributed by atoms with Gasteiger partial charge in [-0.05, 0) is 25.0 Å². The fourth-order valence-corrected chi connectivity index (χ4v) is 4.39. The van der Waals surface area contributed by atoms with E-state index in [9.17, 15) is 13.2 Å². The summed E-state index contributed by atoms with van der Waals surface area (Å²) in [5, 5.41) is 0. The largest absolute Gasteiger partial charge is 0.493 e. The Kier molecular flexibility index (Phi) is 7.28. The highest BCUT2D eigenvalue weighted by Gasteiger charge is 2.24. The maximum atomic E-state index is 12.5. The summed E-state index contributed by atoms with van der Waals surface area (Å²) in [6.07, 6.45) is 5.41. The number of hydrogen-bond acceptors (Lipinski definition) is 5. The molecule has 1 fully saturated rings. The molecule has 1 aromatic carbocycles. The van der Waals surface area contributed by atoms with Crippen molar-refractivity contribution in [3.63, 3.8) is 0 Å². The van der Waals surface area contributed by atoms with Gasteiger partial charge in [0, 0.05) is 32.1 Å². The van der Waals surface area contributed by atoms with Crippen molar-refractivity contribution in [1.29, 1.82) is 0 Å². The maximum absolute atomic E-state index is 12.5. The van der Waals surface area contributed by atoms with E-state index in [-0.39, 0.29) is 23.4 Å². The quantitative estimate of drug-likeness (QED) is 0.742. The average Bonchev–Trinajstić information content (AvgIpc) is 2.65. The van der Waals surface area contributed by atoms with Gasteiger partial charge in [-0.1, -0.05) is 19.3 Å². The third kappa shape index (κ3) is 5.11. The molecule has 0 bridgehead atoms. The lowest BCUT2D eigenvalue weighted by Gasteiger charge is -2.33. The van der Waals surface area contributed by atoms with E-state index in [2.05, 4.69) is 4.72 Å². The van der Waals surface area contributed by atoms with Crippen LogP contribution < -0.4 is 14.2 Å². The van der Waals surface area contributed by atoms with Crippen molar-refractivity contribution < 1.29 is 22.7 Å². The lowest BCUT2D eigenvalue weighted by molar-refractivity contribution is -0.131. The predicted octanol–water partition coefficient (Wildman–Crippen LogP) is 2.16. The van der Waals surface area contributed by atoms with Crippen LogP contribution in [0.15, 0.2) is 23.1 Å². The molecular weight excluding hydrogens is 356 g/mol. The van der Waals surface area contributed by atoms with Gasteiger partial charge in [-0.25, -0.2) is 13.1 Å².